The molecule has 2 aromatic rings. The molecule has 0 nitrogen and oxygen atoms in total. The average molecular weight is 405 g/mol. The maximum Gasteiger partial charge on any atom is 0.0205 e. The summed E-state index contributed by atoms with van der Waals surface area (Å²) in [5, 5.41) is 0. The summed E-state index contributed by atoms with van der Waals surface area (Å²) in [6.45, 7) is 2.11. The zero-order valence-electron chi connectivity index (χ0n) is 8.71. The summed E-state index contributed by atoms with van der Waals surface area (Å²) in [4.78, 5) is 2.56. The van der Waals surface area contributed by atoms with E-state index in [2.05, 4.69) is 87.9 Å². The summed E-state index contributed by atoms with van der Waals surface area (Å²) < 4.78 is 2.44. The van der Waals surface area contributed by atoms with Crippen molar-refractivity contribution >= 4 is 50.3 Å². The van der Waals surface area contributed by atoms with Gasteiger partial charge in [-0.05, 0) is 77.5 Å². The second-order valence-corrected chi connectivity index (χ2v) is 6.71. The van der Waals surface area contributed by atoms with Gasteiger partial charge in [-0.15, -0.1) is 0 Å². The van der Waals surface area contributed by atoms with Crippen LogP contribution in [0.2, 0.25) is 0 Å². The summed E-state index contributed by atoms with van der Waals surface area (Å²) >= 11 is 7.63. The van der Waals surface area contributed by atoms with Crippen LogP contribution in [0.1, 0.15) is 5.56 Å². The predicted molar refractivity (Wildman–Crippen MR) is 82.2 cm³/mol. The molecule has 2 aromatic carbocycles. The van der Waals surface area contributed by atoms with Crippen molar-refractivity contribution < 1.29 is 0 Å². The third-order valence-corrected chi connectivity index (χ3v) is 4.79. The average Bonchev–Trinajstić information content (AvgIpc) is 2.27. The first-order valence-corrected chi connectivity index (χ1v) is 7.53. The normalized spacial score (nSPS) is 10.4. The molecule has 82 valence electrons. The number of benzene rings is 2. The number of hydrogen-bond donors (Lipinski definition) is 0. The van der Waals surface area contributed by atoms with Crippen LogP contribution in [-0.2, 0) is 0 Å². The topological polar surface area (TPSA) is 0 Å². The highest BCUT2D eigenvalue weighted by Gasteiger charge is 2.00. The van der Waals surface area contributed by atoms with E-state index < -0.39 is 0 Å². The minimum Gasteiger partial charge on any atom is -0.0901 e. The van der Waals surface area contributed by atoms with Crippen LogP contribution in [-0.4, -0.2) is 0 Å². The SMILES string of the molecule is Cc1cc(Sc2ccc(I)cc2)ccc1Br. The van der Waals surface area contributed by atoms with Gasteiger partial charge in [0.15, 0.2) is 0 Å². The lowest BCUT2D eigenvalue weighted by Crippen LogP contribution is -1.78. The van der Waals surface area contributed by atoms with Crippen LogP contribution in [0.15, 0.2) is 56.7 Å². The molecule has 0 unspecified atom stereocenters. The molecule has 0 aliphatic heterocycles. The lowest BCUT2D eigenvalue weighted by molar-refractivity contribution is 1.32. The van der Waals surface area contributed by atoms with Crippen LogP contribution in [0.4, 0.5) is 0 Å². The monoisotopic (exact) mass is 404 g/mol. The Labute approximate surface area is 122 Å². The Morgan fingerprint density at radius 1 is 1.00 bits per heavy atom. The second kappa shape index (κ2) is 5.56. The van der Waals surface area contributed by atoms with E-state index in [-0.39, 0.29) is 0 Å². The van der Waals surface area contributed by atoms with Crippen molar-refractivity contribution in [2.45, 2.75) is 16.7 Å². The fourth-order valence-electron chi connectivity index (χ4n) is 1.32. The van der Waals surface area contributed by atoms with Gasteiger partial charge in [-0.25, -0.2) is 0 Å². The quantitative estimate of drug-likeness (QED) is 0.594. The molecule has 0 radical (unpaired) electrons. The van der Waals surface area contributed by atoms with Crippen LogP contribution >= 0.6 is 50.3 Å². The molecular formula is C13H10BrIS. The van der Waals surface area contributed by atoms with Gasteiger partial charge in [0, 0.05) is 17.8 Å². The van der Waals surface area contributed by atoms with Gasteiger partial charge in [-0.1, -0.05) is 27.7 Å². The molecule has 16 heavy (non-hydrogen) atoms. The van der Waals surface area contributed by atoms with Crippen LogP contribution in [0.5, 0.6) is 0 Å². The van der Waals surface area contributed by atoms with Crippen molar-refractivity contribution in [3.05, 3.63) is 56.1 Å². The second-order valence-electron chi connectivity index (χ2n) is 3.47. The van der Waals surface area contributed by atoms with E-state index in [1.54, 1.807) is 11.8 Å². The van der Waals surface area contributed by atoms with Crippen molar-refractivity contribution in [2.24, 2.45) is 0 Å². The number of halogens is 2. The predicted octanol–water partition coefficient (Wildman–Crippen LogP) is 5.51. The van der Waals surface area contributed by atoms with E-state index >= 15 is 0 Å². The summed E-state index contributed by atoms with van der Waals surface area (Å²) in [5.41, 5.74) is 1.27. The van der Waals surface area contributed by atoms with Crippen LogP contribution in [0, 0.1) is 10.5 Å². The highest BCUT2D eigenvalue weighted by Crippen LogP contribution is 2.30. The fourth-order valence-corrected chi connectivity index (χ4v) is 2.84. The molecule has 0 fully saturated rings. The third kappa shape index (κ3) is 3.25. The molecule has 0 amide bonds. The first kappa shape index (κ1) is 12.5. The van der Waals surface area contributed by atoms with Crippen molar-refractivity contribution in [2.75, 3.05) is 0 Å². The Balaban J connectivity index is 2.20. The Kier molecular flexibility index (Phi) is 4.33. The van der Waals surface area contributed by atoms with Gasteiger partial charge in [0.1, 0.15) is 0 Å². The van der Waals surface area contributed by atoms with E-state index in [9.17, 15) is 0 Å². The zero-order chi connectivity index (χ0) is 11.5. The van der Waals surface area contributed by atoms with E-state index in [1.807, 2.05) is 0 Å². The molecule has 2 rings (SSSR count). The van der Waals surface area contributed by atoms with Crippen molar-refractivity contribution in [3.63, 3.8) is 0 Å². The lowest BCUT2D eigenvalue weighted by atomic mass is 10.2. The summed E-state index contributed by atoms with van der Waals surface area (Å²) in [7, 11) is 0. The fraction of sp³-hybridized carbons (Fsp3) is 0.0769. The molecule has 0 aliphatic carbocycles. The summed E-state index contributed by atoms with van der Waals surface area (Å²) in [6, 6.07) is 15.0. The van der Waals surface area contributed by atoms with Gasteiger partial charge in [-0.3, -0.25) is 0 Å². The Morgan fingerprint density at radius 2 is 1.62 bits per heavy atom. The van der Waals surface area contributed by atoms with E-state index in [1.165, 1.54) is 23.4 Å². The van der Waals surface area contributed by atoms with Gasteiger partial charge < -0.3 is 0 Å². The summed E-state index contributed by atoms with van der Waals surface area (Å²) in [5.74, 6) is 0. The maximum absolute atomic E-state index is 3.51. The first-order chi connectivity index (χ1) is 7.65. The zero-order valence-corrected chi connectivity index (χ0v) is 13.3. The standard InChI is InChI=1S/C13H10BrIS/c1-9-8-12(6-7-13(9)14)16-11-4-2-10(15)3-5-11/h2-8H,1H3. The van der Waals surface area contributed by atoms with E-state index in [0.717, 1.165) is 0 Å². The van der Waals surface area contributed by atoms with Crippen LogP contribution < -0.4 is 0 Å². The van der Waals surface area contributed by atoms with Crippen molar-refractivity contribution in [3.8, 4) is 0 Å². The molecule has 0 bridgehead atoms. The highest BCUT2D eigenvalue weighted by atomic mass is 127. The van der Waals surface area contributed by atoms with Crippen LogP contribution in [0.25, 0.3) is 0 Å². The van der Waals surface area contributed by atoms with Crippen LogP contribution in [0.3, 0.4) is 0 Å². The molecule has 0 heterocycles. The molecule has 0 saturated heterocycles. The third-order valence-electron chi connectivity index (χ3n) is 2.18. The van der Waals surface area contributed by atoms with Gasteiger partial charge in [0.2, 0.25) is 0 Å². The Bertz CT molecular complexity index is 494. The Morgan fingerprint density at radius 3 is 2.25 bits per heavy atom. The smallest absolute Gasteiger partial charge is 0.0205 e. The molecule has 0 saturated carbocycles. The minimum atomic E-state index is 1.17. The van der Waals surface area contributed by atoms with Gasteiger partial charge >= 0.3 is 0 Å². The minimum absolute atomic E-state index is 1.17. The van der Waals surface area contributed by atoms with Crippen molar-refractivity contribution in [1.82, 2.24) is 0 Å². The lowest BCUT2D eigenvalue weighted by Gasteiger charge is -2.04. The molecule has 0 atom stereocenters. The molecular weight excluding hydrogens is 395 g/mol. The number of rotatable bonds is 2. The highest BCUT2D eigenvalue weighted by molar-refractivity contribution is 14.1. The van der Waals surface area contributed by atoms with E-state index in [0.29, 0.717) is 0 Å². The Hall–Kier alpha value is -0.000000000000000111. The first-order valence-electron chi connectivity index (χ1n) is 4.85. The molecule has 0 N–H and O–H groups in total. The number of aryl methyl sites for hydroxylation is 1. The largest absolute Gasteiger partial charge is 0.0901 e. The molecule has 0 aromatic heterocycles. The van der Waals surface area contributed by atoms with Gasteiger partial charge in [-0.2, -0.15) is 0 Å². The maximum atomic E-state index is 3.51. The van der Waals surface area contributed by atoms with Gasteiger partial charge in [0.25, 0.3) is 0 Å². The molecule has 0 aliphatic rings. The molecule has 0 spiro atoms. The van der Waals surface area contributed by atoms with E-state index in [4.69, 9.17) is 0 Å². The van der Waals surface area contributed by atoms with Gasteiger partial charge in [0.05, 0.1) is 0 Å². The van der Waals surface area contributed by atoms with Crippen molar-refractivity contribution in [1.29, 1.82) is 0 Å². The summed E-state index contributed by atoms with van der Waals surface area (Å²) in [6.07, 6.45) is 0. The molecule has 3 heteroatoms. The number of hydrogen-bond acceptors (Lipinski definition) is 1.